The third kappa shape index (κ3) is 20.0. The Labute approximate surface area is 398 Å². The van der Waals surface area contributed by atoms with E-state index in [1.807, 2.05) is 0 Å². The number of nitrogens with zero attached hydrogens (tertiary/aromatic N) is 2. The number of hydrogen-bond donors (Lipinski definition) is 0. The van der Waals surface area contributed by atoms with Crippen LogP contribution in [0.5, 0.6) is 11.5 Å². The molecule has 0 bridgehead atoms. The molecule has 0 radical (unpaired) electrons. The number of unbranched alkanes of at least 4 members (excludes halogenated alkanes) is 15. The van der Waals surface area contributed by atoms with E-state index in [0.717, 1.165) is 49.4 Å². The van der Waals surface area contributed by atoms with Crippen molar-refractivity contribution in [1.82, 2.24) is 9.97 Å². The standard InChI is InChI=1S/C31H47NO.C30H45NO/c1-3-5-7-9-10-12-24-33-30-21-18-27(19-22-30)29-20-23-31(32-25-29)28-16-14-26(15-17-28)13-11-8-6-4-2;1-3-5-7-9-11-23-32-29-20-17-26(18-21-29)28-19-22-30(31-24-28)27-15-13-25(14-16-27)12-10-8-6-4-2/h18-23,25-26,28H,3-17,24H2,1-2H3;17-22,24-25,27H,3-16,23H2,1-2H3/t26-,28-;25-,27-. The summed E-state index contributed by atoms with van der Waals surface area (Å²) in [6, 6.07) is 26.1. The van der Waals surface area contributed by atoms with Crippen molar-refractivity contribution in [2.45, 2.75) is 226 Å². The van der Waals surface area contributed by atoms with Crippen molar-refractivity contribution >= 4 is 0 Å². The van der Waals surface area contributed by atoms with Gasteiger partial charge in [-0.2, -0.15) is 0 Å². The minimum atomic E-state index is 0.656. The molecule has 2 aromatic heterocycles. The summed E-state index contributed by atoms with van der Waals surface area (Å²) in [7, 11) is 0. The van der Waals surface area contributed by atoms with Crippen LogP contribution in [0.3, 0.4) is 0 Å². The van der Waals surface area contributed by atoms with Gasteiger partial charge in [0.1, 0.15) is 11.5 Å². The van der Waals surface area contributed by atoms with E-state index in [9.17, 15) is 0 Å². The zero-order valence-electron chi connectivity index (χ0n) is 42.0. The lowest BCUT2D eigenvalue weighted by Gasteiger charge is -2.28. The lowest BCUT2D eigenvalue weighted by Crippen LogP contribution is -2.14. The van der Waals surface area contributed by atoms with Gasteiger partial charge in [-0.3, -0.25) is 9.97 Å². The Kier molecular flexibility index (Phi) is 25.8. The molecule has 2 fully saturated rings. The van der Waals surface area contributed by atoms with Crippen LogP contribution in [-0.4, -0.2) is 23.2 Å². The van der Waals surface area contributed by atoms with E-state index < -0.39 is 0 Å². The molecule has 0 saturated heterocycles. The maximum Gasteiger partial charge on any atom is 0.119 e. The predicted octanol–water partition coefficient (Wildman–Crippen LogP) is 19.1. The number of rotatable bonds is 29. The van der Waals surface area contributed by atoms with E-state index in [1.54, 1.807) is 0 Å². The fraction of sp³-hybridized carbons (Fsp3) is 0.639. The highest BCUT2D eigenvalue weighted by Crippen LogP contribution is 2.39. The quantitative estimate of drug-likeness (QED) is 0.0510. The van der Waals surface area contributed by atoms with E-state index in [0.29, 0.717) is 11.8 Å². The molecule has 0 atom stereocenters. The number of benzene rings is 2. The molecule has 4 aromatic rings. The summed E-state index contributed by atoms with van der Waals surface area (Å²) in [5.74, 6) is 5.18. The molecule has 2 aliphatic rings. The van der Waals surface area contributed by atoms with Gasteiger partial charge in [0, 0.05) is 46.7 Å². The second-order valence-corrected chi connectivity index (χ2v) is 20.0. The molecule has 0 unspecified atom stereocenters. The molecule has 2 aromatic carbocycles. The number of aromatic nitrogens is 2. The molecule has 2 aliphatic carbocycles. The molecule has 0 N–H and O–H groups in total. The summed E-state index contributed by atoms with van der Waals surface area (Å²) < 4.78 is 11.8. The van der Waals surface area contributed by atoms with Crippen molar-refractivity contribution in [1.29, 1.82) is 0 Å². The van der Waals surface area contributed by atoms with E-state index in [-0.39, 0.29) is 0 Å². The van der Waals surface area contributed by atoms with Gasteiger partial charge in [0.2, 0.25) is 0 Å². The van der Waals surface area contributed by atoms with Crippen LogP contribution in [0.15, 0.2) is 85.2 Å². The molecule has 358 valence electrons. The second-order valence-electron chi connectivity index (χ2n) is 20.0. The summed E-state index contributed by atoms with van der Waals surface area (Å²) in [6.45, 7) is 10.7. The average Bonchev–Trinajstić information content (AvgIpc) is 3.36. The van der Waals surface area contributed by atoms with Crippen LogP contribution >= 0.6 is 0 Å². The zero-order valence-corrected chi connectivity index (χ0v) is 42.0. The van der Waals surface area contributed by atoms with Crippen LogP contribution in [0, 0.1) is 11.8 Å². The van der Waals surface area contributed by atoms with Crippen LogP contribution in [0.1, 0.15) is 237 Å². The summed E-state index contributed by atoms with van der Waals surface area (Å²) in [5.41, 5.74) is 7.42. The molecule has 0 aliphatic heterocycles. The SMILES string of the molecule is CCCCCCCCOc1ccc(-c2ccc([C@H]3CC[C@H](CCCCCC)CC3)nc2)cc1.CCCCCCCOc1ccc(-c2ccc([C@H]3CC[C@H](CCCCCC)CC3)nc2)cc1. The predicted molar refractivity (Wildman–Crippen MR) is 279 cm³/mol. The summed E-state index contributed by atoms with van der Waals surface area (Å²) >= 11 is 0. The third-order valence-corrected chi connectivity index (χ3v) is 14.7. The first-order chi connectivity index (χ1) is 32.1. The van der Waals surface area contributed by atoms with Gasteiger partial charge in [-0.1, -0.05) is 186 Å². The van der Waals surface area contributed by atoms with Crippen LogP contribution < -0.4 is 9.47 Å². The summed E-state index contributed by atoms with van der Waals surface area (Å²) in [5, 5.41) is 0. The third-order valence-electron chi connectivity index (χ3n) is 14.7. The molecule has 2 heterocycles. The number of pyridine rings is 2. The lowest BCUT2D eigenvalue weighted by atomic mass is 9.78. The topological polar surface area (TPSA) is 44.2 Å². The fourth-order valence-electron chi connectivity index (χ4n) is 10.3. The van der Waals surface area contributed by atoms with Crippen molar-refractivity contribution in [2.24, 2.45) is 11.8 Å². The zero-order chi connectivity index (χ0) is 45.6. The highest BCUT2D eigenvalue weighted by Gasteiger charge is 2.24. The maximum absolute atomic E-state index is 5.93. The van der Waals surface area contributed by atoms with Crippen molar-refractivity contribution in [3.8, 4) is 33.8 Å². The van der Waals surface area contributed by atoms with Gasteiger partial charge < -0.3 is 9.47 Å². The van der Waals surface area contributed by atoms with Crippen molar-refractivity contribution in [3.05, 3.63) is 96.6 Å². The highest BCUT2D eigenvalue weighted by molar-refractivity contribution is 5.64. The Morgan fingerprint density at radius 2 is 0.677 bits per heavy atom. The van der Waals surface area contributed by atoms with Crippen molar-refractivity contribution in [2.75, 3.05) is 13.2 Å². The van der Waals surface area contributed by atoms with E-state index >= 15 is 0 Å². The van der Waals surface area contributed by atoms with Crippen LogP contribution in [-0.2, 0) is 0 Å². The highest BCUT2D eigenvalue weighted by atomic mass is 16.5. The molecule has 6 rings (SSSR count). The molecular formula is C61H92N2O2. The fourth-order valence-corrected chi connectivity index (χ4v) is 10.3. The molecule has 4 heteroatoms. The Morgan fingerprint density at radius 1 is 0.354 bits per heavy atom. The molecule has 0 amide bonds. The van der Waals surface area contributed by atoms with Crippen LogP contribution in [0.4, 0.5) is 0 Å². The Hall–Kier alpha value is -3.66. The lowest BCUT2D eigenvalue weighted by molar-refractivity contribution is 0.299. The smallest absolute Gasteiger partial charge is 0.119 e. The van der Waals surface area contributed by atoms with Crippen LogP contribution in [0.25, 0.3) is 22.3 Å². The maximum atomic E-state index is 5.93. The molecular weight excluding hydrogens is 793 g/mol. The van der Waals surface area contributed by atoms with Gasteiger partial charge in [-0.15, -0.1) is 0 Å². The molecule has 0 spiro atoms. The first kappa shape index (κ1) is 52.3. The van der Waals surface area contributed by atoms with Crippen LogP contribution in [0.2, 0.25) is 0 Å². The van der Waals surface area contributed by atoms with E-state index in [1.165, 1.54) is 207 Å². The van der Waals surface area contributed by atoms with Gasteiger partial charge in [0.25, 0.3) is 0 Å². The van der Waals surface area contributed by atoms with Gasteiger partial charge >= 0.3 is 0 Å². The largest absolute Gasteiger partial charge is 0.494 e. The average molecular weight is 885 g/mol. The number of ether oxygens (including phenoxy) is 2. The molecule has 4 nitrogen and oxygen atoms in total. The van der Waals surface area contributed by atoms with Gasteiger partial charge in [-0.05, 0) is 124 Å². The second kappa shape index (κ2) is 32.1. The Balaban J connectivity index is 0.000000244. The first-order valence-corrected chi connectivity index (χ1v) is 27.5. The van der Waals surface area contributed by atoms with E-state index in [2.05, 4.69) is 113 Å². The number of hydrogen-bond acceptors (Lipinski definition) is 4. The normalized spacial score (nSPS) is 18.5. The van der Waals surface area contributed by atoms with Gasteiger partial charge in [-0.25, -0.2) is 0 Å². The Bertz CT molecular complexity index is 1740. The Morgan fingerprint density at radius 3 is 1.02 bits per heavy atom. The summed E-state index contributed by atoms with van der Waals surface area (Å²) in [6.07, 6.45) is 43.2. The monoisotopic (exact) mass is 885 g/mol. The van der Waals surface area contributed by atoms with Gasteiger partial charge in [0.15, 0.2) is 0 Å². The molecule has 65 heavy (non-hydrogen) atoms. The first-order valence-electron chi connectivity index (χ1n) is 27.5. The summed E-state index contributed by atoms with van der Waals surface area (Å²) in [4.78, 5) is 9.74. The van der Waals surface area contributed by atoms with E-state index in [4.69, 9.17) is 19.4 Å². The molecule has 2 saturated carbocycles. The van der Waals surface area contributed by atoms with Gasteiger partial charge in [0.05, 0.1) is 13.2 Å². The van der Waals surface area contributed by atoms with Crippen molar-refractivity contribution < 1.29 is 9.47 Å². The van der Waals surface area contributed by atoms with Crippen molar-refractivity contribution in [3.63, 3.8) is 0 Å². The minimum Gasteiger partial charge on any atom is -0.494 e. The minimum absolute atomic E-state index is 0.656.